The van der Waals surface area contributed by atoms with Crippen LogP contribution in [0.1, 0.15) is 37.0 Å². The fraction of sp³-hybridized carbons (Fsp3) is 0.455. The summed E-state index contributed by atoms with van der Waals surface area (Å²) in [5.41, 5.74) is 1.76. The molecule has 0 atom stereocenters. The van der Waals surface area contributed by atoms with E-state index in [9.17, 15) is 0 Å². The van der Waals surface area contributed by atoms with Crippen LogP contribution in [0.3, 0.4) is 0 Å². The molecule has 0 aromatic carbocycles. The van der Waals surface area contributed by atoms with Crippen molar-refractivity contribution < 1.29 is 0 Å². The molecular weight excluding hydrogens is 238 g/mol. The van der Waals surface area contributed by atoms with Crippen molar-refractivity contribution in [2.75, 3.05) is 0 Å². The largest absolute Gasteiger partial charge is 0.253 e. The summed E-state index contributed by atoms with van der Waals surface area (Å²) in [4.78, 5) is 12.8. The Kier molecular flexibility index (Phi) is 3.11. The van der Waals surface area contributed by atoms with Crippen LogP contribution in [0, 0.1) is 13.8 Å². The van der Waals surface area contributed by atoms with E-state index in [1.54, 1.807) is 0 Å². The van der Waals surface area contributed by atoms with Crippen LogP contribution in [-0.4, -0.2) is 24.7 Å². The van der Waals surface area contributed by atoms with Crippen LogP contribution in [0.5, 0.6) is 0 Å². The zero-order chi connectivity index (χ0) is 12.6. The van der Waals surface area contributed by atoms with Gasteiger partial charge in [0.2, 0.25) is 5.28 Å². The smallest absolute Gasteiger partial charge is 0.216 e. The normalized spacial score (nSPS) is 11.2. The van der Waals surface area contributed by atoms with Gasteiger partial charge in [-0.05, 0) is 31.5 Å². The maximum absolute atomic E-state index is 6.04. The van der Waals surface area contributed by atoms with Gasteiger partial charge in [-0.3, -0.25) is 0 Å². The lowest BCUT2D eigenvalue weighted by molar-refractivity contribution is 0.730. The Bertz CT molecular complexity index is 527. The molecule has 0 saturated carbocycles. The molecule has 2 heterocycles. The highest BCUT2D eigenvalue weighted by atomic mass is 35.5. The third-order valence-electron chi connectivity index (χ3n) is 2.26. The Balaban J connectivity index is 2.52. The minimum absolute atomic E-state index is 0.222. The summed E-state index contributed by atoms with van der Waals surface area (Å²) in [6.07, 6.45) is 0. The second kappa shape index (κ2) is 4.41. The predicted octanol–water partition coefficient (Wildman–Crippen LogP) is 2.45. The van der Waals surface area contributed by atoms with Crippen molar-refractivity contribution in [2.45, 2.75) is 33.6 Å². The van der Waals surface area contributed by atoms with Gasteiger partial charge in [-0.2, -0.15) is 4.68 Å². The maximum atomic E-state index is 6.04. The van der Waals surface area contributed by atoms with E-state index < -0.39 is 0 Å². The van der Waals surface area contributed by atoms with Crippen LogP contribution in [0.15, 0.2) is 6.07 Å². The Labute approximate surface area is 105 Å². The van der Waals surface area contributed by atoms with Crippen molar-refractivity contribution in [1.29, 1.82) is 0 Å². The van der Waals surface area contributed by atoms with Gasteiger partial charge in [0.15, 0.2) is 5.82 Å². The average Bonchev–Trinajstić information content (AvgIpc) is 2.59. The summed E-state index contributed by atoms with van der Waals surface area (Å²) in [5.74, 6) is 1.38. The molecule has 0 bridgehead atoms. The predicted molar refractivity (Wildman–Crippen MR) is 65.5 cm³/mol. The summed E-state index contributed by atoms with van der Waals surface area (Å²) in [6, 6.07) is 1.90. The van der Waals surface area contributed by atoms with Crippen LogP contribution < -0.4 is 0 Å². The summed E-state index contributed by atoms with van der Waals surface area (Å²) in [7, 11) is 0. The van der Waals surface area contributed by atoms with Gasteiger partial charge in [-0.1, -0.05) is 13.8 Å². The molecule has 0 fully saturated rings. The van der Waals surface area contributed by atoms with Crippen LogP contribution in [0.4, 0.5) is 0 Å². The van der Waals surface area contributed by atoms with Gasteiger partial charge < -0.3 is 0 Å². The first-order chi connectivity index (χ1) is 7.97. The van der Waals surface area contributed by atoms with Gasteiger partial charge in [-0.25, -0.2) is 15.0 Å². The Morgan fingerprint density at radius 2 is 1.71 bits per heavy atom. The Morgan fingerprint density at radius 1 is 1.12 bits per heavy atom. The minimum Gasteiger partial charge on any atom is -0.216 e. The van der Waals surface area contributed by atoms with E-state index >= 15 is 0 Å². The molecule has 90 valence electrons. The lowest BCUT2D eigenvalue weighted by Gasteiger charge is -2.02. The van der Waals surface area contributed by atoms with Crippen LogP contribution >= 0.6 is 11.6 Å². The van der Waals surface area contributed by atoms with Crippen molar-refractivity contribution >= 4 is 11.6 Å². The van der Waals surface area contributed by atoms with E-state index in [2.05, 4.69) is 20.1 Å². The summed E-state index contributed by atoms with van der Waals surface area (Å²) >= 11 is 6.04. The molecule has 6 heteroatoms. The molecule has 0 N–H and O–H groups in total. The van der Waals surface area contributed by atoms with Gasteiger partial charge in [0, 0.05) is 17.3 Å². The molecule has 2 aromatic heterocycles. The summed E-state index contributed by atoms with van der Waals surface area (Å²) in [5, 5.41) is 4.60. The first-order valence-corrected chi connectivity index (χ1v) is 5.80. The highest BCUT2D eigenvalue weighted by Crippen LogP contribution is 2.16. The van der Waals surface area contributed by atoms with Crippen molar-refractivity contribution in [3.8, 4) is 5.95 Å². The molecule has 2 rings (SSSR count). The number of rotatable bonds is 2. The SMILES string of the molecule is Cc1cc(C)nc(-n2nc(C(C)C)nc2Cl)n1. The number of hydrogen-bond donors (Lipinski definition) is 0. The maximum Gasteiger partial charge on any atom is 0.253 e. The molecule has 0 spiro atoms. The van der Waals surface area contributed by atoms with Crippen molar-refractivity contribution in [3.05, 3.63) is 28.6 Å². The topological polar surface area (TPSA) is 56.5 Å². The third kappa shape index (κ3) is 2.44. The van der Waals surface area contributed by atoms with Gasteiger partial charge >= 0.3 is 0 Å². The zero-order valence-corrected chi connectivity index (χ0v) is 11.0. The second-order valence-electron chi connectivity index (χ2n) is 4.26. The van der Waals surface area contributed by atoms with Crippen molar-refractivity contribution in [1.82, 2.24) is 24.7 Å². The molecule has 2 aromatic rings. The Morgan fingerprint density at radius 3 is 2.18 bits per heavy atom. The quantitative estimate of drug-likeness (QED) is 0.823. The molecule has 0 radical (unpaired) electrons. The van der Waals surface area contributed by atoms with Crippen LogP contribution in [0.2, 0.25) is 5.28 Å². The van der Waals surface area contributed by atoms with Crippen molar-refractivity contribution in [3.63, 3.8) is 0 Å². The standard InChI is InChI=1S/C11H14ClN5/c1-6(2)9-15-10(12)17(16-9)11-13-7(3)5-8(4)14-11/h5-6H,1-4H3. The van der Waals surface area contributed by atoms with E-state index in [0.717, 1.165) is 11.4 Å². The lowest BCUT2D eigenvalue weighted by Crippen LogP contribution is -2.06. The molecule has 0 unspecified atom stereocenters. The lowest BCUT2D eigenvalue weighted by atomic mass is 10.2. The fourth-order valence-electron chi connectivity index (χ4n) is 1.48. The molecule has 0 saturated heterocycles. The van der Waals surface area contributed by atoms with E-state index in [4.69, 9.17) is 11.6 Å². The Hall–Kier alpha value is -1.49. The molecule has 17 heavy (non-hydrogen) atoms. The average molecular weight is 252 g/mol. The molecule has 0 aliphatic carbocycles. The minimum atomic E-state index is 0.222. The van der Waals surface area contributed by atoms with E-state index in [0.29, 0.717) is 17.1 Å². The van der Waals surface area contributed by atoms with E-state index in [-0.39, 0.29) is 5.92 Å². The first-order valence-electron chi connectivity index (χ1n) is 5.42. The van der Waals surface area contributed by atoms with Gasteiger partial charge in [0.05, 0.1) is 0 Å². The second-order valence-corrected chi connectivity index (χ2v) is 4.59. The molecule has 0 aliphatic rings. The third-order valence-corrected chi connectivity index (χ3v) is 2.50. The van der Waals surface area contributed by atoms with Crippen molar-refractivity contribution in [2.24, 2.45) is 0 Å². The number of nitrogens with zero attached hydrogens (tertiary/aromatic N) is 5. The summed E-state index contributed by atoms with van der Waals surface area (Å²) in [6.45, 7) is 7.84. The van der Waals surface area contributed by atoms with Gasteiger partial charge in [-0.15, -0.1) is 5.10 Å². The number of halogens is 1. The highest BCUT2D eigenvalue weighted by molar-refractivity contribution is 6.28. The zero-order valence-electron chi connectivity index (χ0n) is 10.3. The van der Waals surface area contributed by atoms with Gasteiger partial charge in [0.1, 0.15) is 0 Å². The van der Waals surface area contributed by atoms with E-state index in [1.165, 1.54) is 4.68 Å². The number of hydrogen-bond acceptors (Lipinski definition) is 4. The molecular formula is C11H14ClN5. The van der Waals surface area contributed by atoms with E-state index in [1.807, 2.05) is 33.8 Å². The molecule has 0 aliphatic heterocycles. The monoisotopic (exact) mass is 251 g/mol. The fourth-order valence-corrected chi connectivity index (χ4v) is 1.68. The highest BCUT2D eigenvalue weighted by Gasteiger charge is 2.14. The molecule has 5 nitrogen and oxygen atoms in total. The van der Waals surface area contributed by atoms with Gasteiger partial charge in [0.25, 0.3) is 5.95 Å². The number of aryl methyl sites for hydroxylation is 2. The summed E-state index contributed by atoms with van der Waals surface area (Å²) < 4.78 is 1.47. The number of aromatic nitrogens is 5. The van der Waals surface area contributed by atoms with Crippen LogP contribution in [-0.2, 0) is 0 Å². The first kappa shape index (κ1) is 12.0. The molecule has 0 amide bonds. The van der Waals surface area contributed by atoms with Crippen LogP contribution in [0.25, 0.3) is 5.95 Å².